The second kappa shape index (κ2) is 8.11. The van der Waals surface area contributed by atoms with Crippen LogP contribution in [0.5, 0.6) is 0 Å². The van der Waals surface area contributed by atoms with Crippen LogP contribution in [0.3, 0.4) is 0 Å². The largest absolute Gasteiger partial charge is 0.356 e. The van der Waals surface area contributed by atoms with Crippen LogP contribution in [0.1, 0.15) is 29.1 Å². The molecule has 1 aromatic rings. The zero-order valence-corrected chi connectivity index (χ0v) is 15.2. The normalized spacial score (nSPS) is 23.0. The number of likely N-dealkylation sites (tertiary alicyclic amines) is 2. The number of hydrogen-bond donors (Lipinski definition) is 1. The molecule has 128 valence electrons. The summed E-state index contributed by atoms with van der Waals surface area (Å²) in [6, 6.07) is 0. The van der Waals surface area contributed by atoms with Gasteiger partial charge in [-0.15, -0.1) is 11.3 Å². The van der Waals surface area contributed by atoms with Gasteiger partial charge in [-0.3, -0.25) is 4.99 Å². The lowest BCUT2D eigenvalue weighted by atomic mass is 10.1. The summed E-state index contributed by atoms with van der Waals surface area (Å²) < 4.78 is 0. The van der Waals surface area contributed by atoms with E-state index in [2.05, 4.69) is 32.0 Å². The smallest absolute Gasteiger partial charge is 0.193 e. The Morgan fingerprint density at radius 2 is 2.22 bits per heavy atom. The van der Waals surface area contributed by atoms with Crippen molar-refractivity contribution in [2.45, 2.75) is 32.6 Å². The molecule has 0 radical (unpaired) electrons. The topological polar surface area (TPSA) is 43.8 Å². The lowest BCUT2D eigenvalue weighted by molar-refractivity contribution is 0.281. The van der Waals surface area contributed by atoms with Crippen LogP contribution in [0.2, 0.25) is 0 Å². The van der Waals surface area contributed by atoms with Crippen molar-refractivity contribution in [1.82, 2.24) is 20.1 Å². The van der Waals surface area contributed by atoms with Gasteiger partial charge in [0.15, 0.2) is 5.96 Å². The fourth-order valence-electron chi connectivity index (χ4n) is 3.63. The molecule has 0 aliphatic carbocycles. The number of aromatic nitrogens is 1. The predicted octanol–water partition coefficient (Wildman–Crippen LogP) is 1.99. The molecule has 1 aromatic heterocycles. The molecule has 2 saturated heterocycles. The maximum Gasteiger partial charge on any atom is 0.193 e. The zero-order chi connectivity index (χ0) is 16.1. The highest BCUT2D eigenvalue weighted by molar-refractivity contribution is 7.11. The van der Waals surface area contributed by atoms with Crippen LogP contribution < -0.4 is 5.32 Å². The van der Waals surface area contributed by atoms with Gasteiger partial charge < -0.3 is 15.1 Å². The van der Waals surface area contributed by atoms with Gasteiger partial charge in [-0.25, -0.2) is 4.98 Å². The summed E-state index contributed by atoms with van der Waals surface area (Å²) in [7, 11) is 1.89. The molecule has 0 saturated carbocycles. The summed E-state index contributed by atoms with van der Waals surface area (Å²) in [6.07, 6.45) is 7.00. The monoisotopic (exact) mass is 335 g/mol. The molecular weight excluding hydrogens is 306 g/mol. The van der Waals surface area contributed by atoms with E-state index in [4.69, 9.17) is 0 Å². The van der Waals surface area contributed by atoms with Crippen molar-refractivity contribution in [3.8, 4) is 0 Å². The van der Waals surface area contributed by atoms with Crippen molar-refractivity contribution < 1.29 is 0 Å². The molecule has 3 heterocycles. The van der Waals surface area contributed by atoms with Crippen molar-refractivity contribution in [1.29, 1.82) is 0 Å². The summed E-state index contributed by atoms with van der Waals surface area (Å²) in [5.41, 5.74) is 0. The summed E-state index contributed by atoms with van der Waals surface area (Å²) in [5, 5.41) is 4.72. The van der Waals surface area contributed by atoms with Crippen molar-refractivity contribution in [2.24, 2.45) is 10.9 Å². The van der Waals surface area contributed by atoms with Gasteiger partial charge in [-0.1, -0.05) is 0 Å². The Balaban J connectivity index is 1.41. The van der Waals surface area contributed by atoms with E-state index in [0.29, 0.717) is 0 Å². The molecule has 0 amide bonds. The molecule has 0 aromatic carbocycles. The standard InChI is InChI=1S/C17H29N5S/c1-14-11-20-16(23-14)5-7-19-17(18-2)22-10-6-15(13-22)12-21-8-3-4-9-21/h11,15H,3-10,12-13H2,1-2H3,(H,18,19). The molecule has 1 atom stereocenters. The first-order valence-corrected chi connectivity index (χ1v) is 9.65. The number of thiazole rings is 1. The summed E-state index contributed by atoms with van der Waals surface area (Å²) in [4.78, 5) is 15.2. The SMILES string of the molecule is CN=C(NCCc1ncc(C)s1)N1CCC(CN2CCCC2)C1. The summed E-state index contributed by atoms with van der Waals surface area (Å²) in [6.45, 7) is 9.17. The Kier molecular flexibility index (Phi) is 5.89. The van der Waals surface area contributed by atoms with Gasteiger partial charge in [0.1, 0.15) is 0 Å². The van der Waals surface area contributed by atoms with Crippen LogP contribution in [-0.4, -0.2) is 67.1 Å². The predicted molar refractivity (Wildman–Crippen MR) is 97.3 cm³/mol. The van der Waals surface area contributed by atoms with Crippen LogP contribution in [0.25, 0.3) is 0 Å². The van der Waals surface area contributed by atoms with Crippen LogP contribution >= 0.6 is 11.3 Å². The third kappa shape index (κ3) is 4.67. The van der Waals surface area contributed by atoms with Crippen molar-refractivity contribution in [3.05, 3.63) is 16.1 Å². The fraction of sp³-hybridized carbons (Fsp3) is 0.765. The fourth-order valence-corrected chi connectivity index (χ4v) is 4.42. The van der Waals surface area contributed by atoms with Gasteiger partial charge in [0.05, 0.1) is 5.01 Å². The van der Waals surface area contributed by atoms with Crippen molar-refractivity contribution >= 4 is 17.3 Å². The van der Waals surface area contributed by atoms with Gasteiger partial charge in [0.2, 0.25) is 0 Å². The van der Waals surface area contributed by atoms with E-state index in [1.807, 2.05) is 13.2 Å². The number of nitrogens with zero attached hydrogens (tertiary/aromatic N) is 4. The summed E-state index contributed by atoms with van der Waals surface area (Å²) in [5.74, 6) is 1.86. The number of aliphatic imine (C=N–C) groups is 1. The molecule has 3 rings (SSSR count). The Morgan fingerprint density at radius 1 is 1.39 bits per heavy atom. The average molecular weight is 336 g/mol. The Bertz CT molecular complexity index is 521. The highest BCUT2D eigenvalue weighted by Crippen LogP contribution is 2.20. The minimum Gasteiger partial charge on any atom is -0.356 e. The van der Waals surface area contributed by atoms with Gasteiger partial charge in [-0.05, 0) is 45.2 Å². The Labute approximate surface area is 143 Å². The molecule has 6 heteroatoms. The van der Waals surface area contributed by atoms with Gasteiger partial charge >= 0.3 is 0 Å². The first-order chi connectivity index (χ1) is 11.2. The number of hydrogen-bond acceptors (Lipinski definition) is 4. The van der Waals surface area contributed by atoms with Gasteiger partial charge in [0, 0.05) is 50.7 Å². The van der Waals surface area contributed by atoms with E-state index in [9.17, 15) is 0 Å². The van der Waals surface area contributed by atoms with Gasteiger partial charge in [0.25, 0.3) is 0 Å². The second-order valence-corrected chi connectivity index (χ2v) is 8.02. The quantitative estimate of drug-likeness (QED) is 0.660. The van der Waals surface area contributed by atoms with Gasteiger partial charge in [-0.2, -0.15) is 0 Å². The number of nitrogens with one attached hydrogen (secondary N) is 1. The zero-order valence-electron chi connectivity index (χ0n) is 14.4. The molecule has 2 aliphatic rings. The molecule has 23 heavy (non-hydrogen) atoms. The molecule has 5 nitrogen and oxygen atoms in total. The molecule has 2 fully saturated rings. The van der Waals surface area contributed by atoms with E-state index in [-0.39, 0.29) is 0 Å². The van der Waals surface area contributed by atoms with E-state index in [1.54, 1.807) is 11.3 Å². The number of rotatable bonds is 5. The highest BCUT2D eigenvalue weighted by atomic mass is 32.1. The third-order valence-electron chi connectivity index (χ3n) is 4.80. The van der Waals surface area contributed by atoms with Crippen molar-refractivity contribution in [3.63, 3.8) is 0 Å². The third-order valence-corrected chi connectivity index (χ3v) is 5.78. The lowest BCUT2D eigenvalue weighted by Crippen LogP contribution is -2.41. The van der Waals surface area contributed by atoms with E-state index in [1.165, 1.54) is 48.8 Å². The second-order valence-electron chi connectivity index (χ2n) is 6.70. The van der Waals surface area contributed by atoms with E-state index < -0.39 is 0 Å². The van der Waals surface area contributed by atoms with Crippen LogP contribution in [0.4, 0.5) is 0 Å². The molecule has 1 unspecified atom stereocenters. The lowest BCUT2D eigenvalue weighted by Gasteiger charge is -2.23. The maximum atomic E-state index is 4.47. The number of aryl methyl sites for hydroxylation is 1. The average Bonchev–Trinajstić information content (AvgIpc) is 3.27. The minimum absolute atomic E-state index is 0.799. The van der Waals surface area contributed by atoms with Crippen LogP contribution in [0, 0.1) is 12.8 Å². The minimum atomic E-state index is 0.799. The Morgan fingerprint density at radius 3 is 2.91 bits per heavy atom. The number of guanidine groups is 1. The summed E-state index contributed by atoms with van der Waals surface area (Å²) >= 11 is 1.79. The van der Waals surface area contributed by atoms with Crippen molar-refractivity contribution in [2.75, 3.05) is 46.3 Å². The molecular formula is C17H29N5S. The molecule has 0 bridgehead atoms. The van der Waals surface area contributed by atoms with Crippen LogP contribution in [-0.2, 0) is 6.42 Å². The molecule has 1 N–H and O–H groups in total. The van der Waals surface area contributed by atoms with E-state index in [0.717, 1.165) is 37.9 Å². The first kappa shape index (κ1) is 16.7. The molecule has 0 spiro atoms. The van der Waals surface area contributed by atoms with Crippen LogP contribution in [0.15, 0.2) is 11.2 Å². The molecule has 2 aliphatic heterocycles. The first-order valence-electron chi connectivity index (χ1n) is 8.84. The maximum absolute atomic E-state index is 4.47. The van der Waals surface area contributed by atoms with E-state index >= 15 is 0 Å². The highest BCUT2D eigenvalue weighted by Gasteiger charge is 2.27. The Hall–Kier alpha value is -1.14.